The second-order valence-corrected chi connectivity index (χ2v) is 6.27. The number of likely N-dealkylation sites (N-methyl/N-ethyl adjacent to an activating group) is 1. The van der Waals surface area contributed by atoms with Crippen molar-refractivity contribution in [2.24, 2.45) is 0 Å². The van der Waals surface area contributed by atoms with E-state index in [1.807, 2.05) is 25.1 Å². The quantitative estimate of drug-likeness (QED) is 0.931. The molecule has 1 N–H and O–H groups in total. The Kier molecular flexibility index (Phi) is 4.96. The monoisotopic (exact) mass is 335 g/mol. The number of aryl methyl sites for hydroxylation is 1. The maximum absolute atomic E-state index is 12.4. The zero-order chi connectivity index (χ0) is 17.8. The van der Waals surface area contributed by atoms with Crippen molar-refractivity contribution in [2.75, 3.05) is 43.4 Å². The molecule has 128 valence electrons. The lowest BCUT2D eigenvalue weighted by atomic mass is 10.1. The van der Waals surface area contributed by atoms with Crippen LogP contribution in [0.25, 0.3) is 0 Å². The van der Waals surface area contributed by atoms with Crippen LogP contribution < -0.4 is 10.2 Å². The molecule has 2 heterocycles. The molecule has 0 spiro atoms. The van der Waals surface area contributed by atoms with Crippen LogP contribution in [0.3, 0.4) is 0 Å². The van der Waals surface area contributed by atoms with Crippen LogP contribution in [0.5, 0.6) is 0 Å². The summed E-state index contributed by atoms with van der Waals surface area (Å²) in [5.74, 6) is 1.23. The molecule has 6 nitrogen and oxygen atoms in total. The summed E-state index contributed by atoms with van der Waals surface area (Å²) < 4.78 is 0. The number of hydrogen-bond donors (Lipinski definition) is 1. The van der Waals surface area contributed by atoms with Crippen LogP contribution >= 0.6 is 0 Å². The van der Waals surface area contributed by atoms with Gasteiger partial charge in [-0.1, -0.05) is 6.07 Å². The van der Waals surface area contributed by atoms with Crippen LogP contribution in [0.1, 0.15) is 21.5 Å². The molecule has 1 amide bonds. The summed E-state index contributed by atoms with van der Waals surface area (Å²) in [7, 11) is 2.12. The second-order valence-electron chi connectivity index (χ2n) is 6.27. The number of anilines is 2. The van der Waals surface area contributed by atoms with E-state index in [1.54, 1.807) is 24.3 Å². The molecular weight excluding hydrogens is 314 g/mol. The minimum Gasteiger partial charge on any atom is -0.354 e. The highest BCUT2D eigenvalue weighted by molar-refractivity contribution is 6.03. The van der Waals surface area contributed by atoms with E-state index in [-0.39, 0.29) is 5.91 Å². The zero-order valence-electron chi connectivity index (χ0n) is 14.5. The fourth-order valence-corrected chi connectivity index (χ4v) is 2.81. The lowest BCUT2D eigenvalue weighted by molar-refractivity contribution is 0.102. The first-order chi connectivity index (χ1) is 12.1. The SMILES string of the molecule is Cc1ccc(NC(=O)c2ccc(C#N)cc2)nc1N1CCN(C)CC1. The molecule has 0 radical (unpaired) electrons. The van der Waals surface area contributed by atoms with Crippen LogP contribution in [0.15, 0.2) is 36.4 Å². The van der Waals surface area contributed by atoms with Crippen molar-refractivity contribution in [2.45, 2.75) is 6.92 Å². The number of amides is 1. The third-order valence-corrected chi connectivity index (χ3v) is 4.39. The smallest absolute Gasteiger partial charge is 0.256 e. The molecule has 6 heteroatoms. The maximum atomic E-state index is 12.4. The number of nitrogens with one attached hydrogen (secondary N) is 1. The molecule has 1 aliphatic rings. The molecule has 1 aromatic carbocycles. The second kappa shape index (κ2) is 7.32. The number of benzene rings is 1. The summed E-state index contributed by atoms with van der Waals surface area (Å²) in [5.41, 5.74) is 2.13. The molecule has 1 aromatic heterocycles. The summed E-state index contributed by atoms with van der Waals surface area (Å²) in [6.07, 6.45) is 0. The van der Waals surface area contributed by atoms with E-state index in [0.29, 0.717) is 16.9 Å². The lowest BCUT2D eigenvalue weighted by Gasteiger charge is -2.34. The van der Waals surface area contributed by atoms with E-state index in [2.05, 4.69) is 27.1 Å². The van der Waals surface area contributed by atoms with Gasteiger partial charge in [-0.3, -0.25) is 4.79 Å². The Labute approximate surface area is 147 Å². The third-order valence-electron chi connectivity index (χ3n) is 4.39. The third kappa shape index (κ3) is 3.95. The van der Waals surface area contributed by atoms with Gasteiger partial charge >= 0.3 is 0 Å². The van der Waals surface area contributed by atoms with Crippen molar-refractivity contribution in [3.05, 3.63) is 53.1 Å². The zero-order valence-corrected chi connectivity index (χ0v) is 14.5. The molecular formula is C19H21N5O. The van der Waals surface area contributed by atoms with Crippen molar-refractivity contribution in [1.29, 1.82) is 5.26 Å². The Hall–Kier alpha value is -2.91. The minimum absolute atomic E-state index is 0.231. The molecule has 2 aromatic rings. The molecule has 0 saturated carbocycles. The molecule has 1 fully saturated rings. The maximum Gasteiger partial charge on any atom is 0.256 e. The highest BCUT2D eigenvalue weighted by Gasteiger charge is 2.18. The van der Waals surface area contributed by atoms with Crippen molar-refractivity contribution in [3.63, 3.8) is 0 Å². The first-order valence-electron chi connectivity index (χ1n) is 8.29. The van der Waals surface area contributed by atoms with Crippen molar-refractivity contribution < 1.29 is 4.79 Å². The van der Waals surface area contributed by atoms with Gasteiger partial charge in [-0.25, -0.2) is 4.98 Å². The first kappa shape index (κ1) is 16.9. The number of carbonyl (C=O) groups excluding carboxylic acids is 1. The van der Waals surface area contributed by atoms with Crippen molar-refractivity contribution >= 4 is 17.5 Å². The highest BCUT2D eigenvalue weighted by Crippen LogP contribution is 2.21. The molecule has 0 bridgehead atoms. The normalized spacial score (nSPS) is 14.8. The van der Waals surface area contributed by atoms with Gasteiger partial charge in [-0.15, -0.1) is 0 Å². The number of aromatic nitrogens is 1. The number of piperazine rings is 1. The summed E-state index contributed by atoms with van der Waals surface area (Å²) in [6, 6.07) is 12.4. The Balaban J connectivity index is 1.75. The first-order valence-corrected chi connectivity index (χ1v) is 8.29. The number of nitriles is 1. The van der Waals surface area contributed by atoms with Crippen LogP contribution in [-0.4, -0.2) is 49.0 Å². The van der Waals surface area contributed by atoms with Gasteiger partial charge in [0.1, 0.15) is 11.6 Å². The minimum atomic E-state index is -0.231. The lowest BCUT2D eigenvalue weighted by Crippen LogP contribution is -2.45. The fourth-order valence-electron chi connectivity index (χ4n) is 2.81. The molecule has 25 heavy (non-hydrogen) atoms. The number of hydrogen-bond acceptors (Lipinski definition) is 5. The van der Waals surface area contributed by atoms with Gasteiger partial charge in [0.2, 0.25) is 0 Å². The van der Waals surface area contributed by atoms with Crippen molar-refractivity contribution in [3.8, 4) is 6.07 Å². The van der Waals surface area contributed by atoms with E-state index in [0.717, 1.165) is 37.6 Å². The van der Waals surface area contributed by atoms with E-state index in [1.165, 1.54) is 0 Å². The Bertz CT molecular complexity index is 802. The molecule has 1 saturated heterocycles. The molecule has 1 aliphatic heterocycles. The number of carbonyl (C=O) groups is 1. The molecule has 0 unspecified atom stereocenters. The van der Waals surface area contributed by atoms with E-state index >= 15 is 0 Å². The van der Waals surface area contributed by atoms with Crippen LogP contribution in [0.4, 0.5) is 11.6 Å². The predicted octanol–water partition coefficient (Wildman–Crippen LogP) is 2.27. The van der Waals surface area contributed by atoms with Gasteiger partial charge in [0, 0.05) is 31.7 Å². The summed E-state index contributed by atoms with van der Waals surface area (Å²) >= 11 is 0. The molecule has 0 aliphatic carbocycles. The number of pyridine rings is 1. The predicted molar refractivity (Wildman–Crippen MR) is 97.8 cm³/mol. The summed E-state index contributed by atoms with van der Waals surface area (Å²) in [6.45, 7) is 5.90. The van der Waals surface area contributed by atoms with E-state index in [9.17, 15) is 4.79 Å². The highest BCUT2D eigenvalue weighted by atomic mass is 16.1. The number of nitrogens with zero attached hydrogens (tertiary/aromatic N) is 4. The largest absolute Gasteiger partial charge is 0.354 e. The topological polar surface area (TPSA) is 72.3 Å². The Morgan fingerprint density at radius 3 is 2.44 bits per heavy atom. The van der Waals surface area contributed by atoms with Crippen LogP contribution in [-0.2, 0) is 0 Å². The van der Waals surface area contributed by atoms with Gasteiger partial charge in [0.05, 0.1) is 11.6 Å². The number of rotatable bonds is 3. The Morgan fingerprint density at radius 1 is 1.12 bits per heavy atom. The summed E-state index contributed by atoms with van der Waals surface area (Å²) in [4.78, 5) is 21.6. The van der Waals surface area contributed by atoms with Gasteiger partial charge in [0.25, 0.3) is 5.91 Å². The average Bonchev–Trinajstić information content (AvgIpc) is 2.64. The molecule has 0 atom stereocenters. The summed E-state index contributed by atoms with van der Waals surface area (Å²) in [5, 5.41) is 11.7. The van der Waals surface area contributed by atoms with Crippen LogP contribution in [0.2, 0.25) is 0 Å². The standard InChI is InChI=1S/C19H21N5O/c1-14-3-8-17(21-18(14)24-11-9-23(2)10-12-24)22-19(25)16-6-4-15(13-20)5-7-16/h3-8H,9-12H2,1-2H3,(H,21,22,25). The fraction of sp³-hybridized carbons (Fsp3) is 0.316. The average molecular weight is 335 g/mol. The van der Waals surface area contributed by atoms with Gasteiger partial charge in [-0.2, -0.15) is 5.26 Å². The molecule has 3 rings (SSSR count). The van der Waals surface area contributed by atoms with Crippen LogP contribution in [0, 0.1) is 18.3 Å². The Morgan fingerprint density at radius 2 is 1.80 bits per heavy atom. The van der Waals surface area contributed by atoms with Gasteiger partial charge in [-0.05, 0) is 49.9 Å². The van der Waals surface area contributed by atoms with Gasteiger partial charge in [0.15, 0.2) is 0 Å². The van der Waals surface area contributed by atoms with Crippen molar-refractivity contribution in [1.82, 2.24) is 9.88 Å². The van der Waals surface area contributed by atoms with E-state index in [4.69, 9.17) is 5.26 Å². The van der Waals surface area contributed by atoms with Gasteiger partial charge < -0.3 is 15.1 Å². The van der Waals surface area contributed by atoms with E-state index < -0.39 is 0 Å².